The molecule has 2 aliphatic rings. The summed E-state index contributed by atoms with van der Waals surface area (Å²) in [6.07, 6.45) is 10.4. The number of fused-ring (bicyclic) bond motifs is 2. The van der Waals surface area contributed by atoms with Gasteiger partial charge in [0.25, 0.3) is 0 Å². The second-order valence-corrected chi connectivity index (χ2v) is 56.9. The Morgan fingerprint density at radius 1 is 0.526 bits per heavy atom. The summed E-state index contributed by atoms with van der Waals surface area (Å²) in [6, 6.07) is 44.7. The summed E-state index contributed by atoms with van der Waals surface area (Å²) in [5.41, 5.74) is 9.27. The summed E-state index contributed by atoms with van der Waals surface area (Å²) in [6.45, 7) is 5.09. The Kier molecular flexibility index (Phi) is 7.14. The molecule has 0 aromatic heterocycles. The minimum absolute atomic E-state index is 0.570. The van der Waals surface area contributed by atoms with Crippen LogP contribution in [0.1, 0.15) is 54.6 Å². The average Bonchev–Trinajstić information content (AvgIpc) is 3.61. The molecular formula is C36H39HfSi. The number of hydrogen-bond donors (Lipinski definition) is 0. The standard InChI is InChI=1S/2C9H7.2C7H7.C4H11Si.Hf/c2*1-2-5-9-7-3-6-8(9)4-1;2*1-7-5-3-2-4-6-7;1-3-5-4-2;/h2*1-7H;2*2-6H,1H2;5H,3-4H2,1-2H3;. The molecule has 4 aromatic rings. The Morgan fingerprint density at radius 3 is 1.34 bits per heavy atom. The molecule has 2 unspecified atom stereocenters. The summed E-state index contributed by atoms with van der Waals surface area (Å²) in [4.78, 5) is 0. The molecule has 2 atom stereocenters. The minimum atomic E-state index is -4.20. The van der Waals surface area contributed by atoms with Crippen molar-refractivity contribution in [2.24, 2.45) is 0 Å². The summed E-state index contributed by atoms with van der Waals surface area (Å²) < 4.78 is 3.75. The van der Waals surface area contributed by atoms with Crippen LogP contribution >= 0.6 is 0 Å². The number of benzene rings is 4. The van der Waals surface area contributed by atoms with Crippen LogP contribution in [0.15, 0.2) is 121 Å². The fourth-order valence-electron chi connectivity index (χ4n) is 8.81. The summed E-state index contributed by atoms with van der Waals surface area (Å²) in [7, 11) is 0. The van der Waals surface area contributed by atoms with Gasteiger partial charge in [0.2, 0.25) is 0 Å². The molecule has 0 heterocycles. The Hall–Kier alpha value is -2.55. The van der Waals surface area contributed by atoms with E-state index in [4.69, 9.17) is 0 Å². The van der Waals surface area contributed by atoms with E-state index < -0.39 is 23.7 Å². The van der Waals surface area contributed by atoms with Crippen molar-refractivity contribution in [3.63, 3.8) is 0 Å². The van der Waals surface area contributed by atoms with Crippen molar-refractivity contribution in [3.05, 3.63) is 155 Å². The van der Waals surface area contributed by atoms with Crippen LogP contribution in [0.4, 0.5) is 0 Å². The van der Waals surface area contributed by atoms with Gasteiger partial charge in [-0.15, -0.1) is 0 Å². The quantitative estimate of drug-likeness (QED) is 0.155. The fraction of sp³-hybridized carbons (Fsp3) is 0.222. The molecule has 0 amide bonds. The van der Waals surface area contributed by atoms with Gasteiger partial charge in [-0.3, -0.25) is 0 Å². The Morgan fingerprint density at radius 2 is 0.921 bits per heavy atom. The SMILES string of the molecule is CC[SiH](CC)[Hf]([CH2]c1ccccc1)([CH2]c1ccccc1)([CH]1C=Cc2ccccc21)[CH]1C=Cc2ccccc21. The molecule has 0 saturated carbocycles. The van der Waals surface area contributed by atoms with Crippen molar-refractivity contribution in [1.82, 2.24) is 0 Å². The maximum atomic E-state index is 2.70. The van der Waals surface area contributed by atoms with Crippen molar-refractivity contribution in [2.45, 2.75) is 41.6 Å². The van der Waals surface area contributed by atoms with Crippen molar-refractivity contribution >= 4 is 18.1 Å². The van der Waals surface area contributed by atoms with Crippen LogP contribution in [0.2, 0.25) is 12.1 Å². The van der Waals surface area contributed by atoms with Crippen LogP contribution < -0.4 is 0 Å². The molecule has 0 spiro atoms. The van der Waals surface area contributed by atoms with Crippen LogP contribution in [-0.2, 0) is 26.0 Å². The predicted molar refractivity (Wildman–Crippen MR) is 165 cm³/mol. The van der Waals surface area contributed by atoms with Gasteiger partial charge in [-0.2, -0.15) is 0 Å². The third-order valence-electron chi connectivity index (χ3n) is 10.2. The van der Waals surface area contributed by atoms with Crippen molar-refractivity contribution in [2.75, 3.05) is 0 Å². The molecule has 4 aromatic carbocycles. The van der Waals surface area contributed by atoms with E-state index in [0.29, 0.717) is 7.35 Å². The van der Waals surface area contributed by atoms with E-state index in [0.717, 1.165) is 0 Å². The van der Waals surface area contributed by atoms with Gasteiger partial charge in [0, 0.05) is 0 Å². The van der Waals surface area contributed by atoms with E-state index in [2.05, 4.69) is 147 Å². The van der Waals surface area contributed by atoms with E-state index in [9.17, 15) is 0 Å². The fourth-order valence-corrected chi connectivity index (χ4v) is 87.2. The van der Waals surface area contributed by atoms with Gasteiger partial charge in [-0.25, -0.2) is 0 Å². The molecule has 0 aliphatic heterocycles. The first-order valence-electron chi connectivity index (χ1n) is 14.5. The molecule has 38 heavy (non-hydrogen) atoms. The molecule has 0 radical (unpaired) electrons. The molecule has 0 N–H and O–H groups in total. The first-order chi connectivity index (χ1) is 18.7. The summed E-state index contributed by atoms with van der Waals surface area (Å²) >= 11 is -4.20. The number of hydrogen-bond acceptors (Lipinski definition) is 0. The second kappa shape index (κ2) is 10.5. The Balaban J connectivity index is 1.74. The van der Waals surface area contributed by atoms with Crippen molar-refractivity contribution in [3.8, 4) is 0 Å². The molecule has 6 rings (SSSR count). The van der Waals surface area contributed by atoms with Crippen LogP contribution in [0.25, 0.3) is 12.2 Å². The molecule has 0 bridgehead atoms. The summed E-state index contributed by atoms with van der Waals surface area (Å²) in [5, 5.41) is 0. The molecule has 0 fully saturated rings. The maximum absolute atomic E-state index is 4.20. The Bertz CT molecular complexity index is 1360. The summed E-state index contributed by atoms with van der Waals surface area (Å²) in [5.74, 6) is -1.23. The van der Waals surface area contributed by atoms with Gasteiger partial charge >= 0.3 is 232 Å². The second-order valence-electron chi connectivity index (χ2n) is 11.7. The molecule has 191 valence electrons. The van der Waals surface area contributed by atoms with E-state index in [1.54, 1.807) is 22.3 Å². The zero-order valence-corrected chi connectivity index (χ0v) is 27.5. The van der Waals surface area contributed by atoms with Gasteiger partial charge in [0.1, 0.15) is 0 Å². The molecule has 0 saturated heterocycles. The third kappa shape index (κ3) is 4.03. The third-order valence-corrected chi connectivity index (χ3v) is 79.1. The zero-order chi connectivity index (χ0) is 26.0. The van der Waals surface area contributed by atoms with Gasteiger partial charge < -0.3 is 0 Å². The number of allylic oxidation sites excluding steroid dienone is 2. The van der Waals surface area contributed by atoms with Crippen molar-refractivity contribution in [1.29, 1.82) is 0 Å². The van der Waals surface area contributed by atoms with E-state index >= 15 is 0 Å². The van der Waals surface area contributed by atoms with E-state index in [1.165, 1.54) is 31.6 Å². The van der Waals surface area contributed by atoms with Crippen LogP contribution in [0.3, 0.4) is 0 Å². The molecule has 2 aliphatic carbocycles. The molecule has 2 heteroatoms. The monoisotopic (exact) mass is 679 g/mol. The van der Waals surface area contributed by atoms with Gasteiger partial charge in [0.15, 0.2) is 0 Å². The zero-order valence-electron chi connectivity index (χ0n) is 22.8. The van der Waals surface area contributed by atoms with Gasteiger partial charge in [0.05, 0.1) is 0 Å². The Labute approximate surface area is 230 Å². The first kappa shape index (κ1) is 25.7. The number of rotatable bonds is 9. The topological polar surface area (TPSA) is 0 Å². The van der Waals surface area contributed by atoms with Crippen LogP contribution in [0, 0.1) is 0 Å². The predicted octanol–water partition coefficient (Wildman–Crippen LogP) is 9.38. The van der Waals surface area contributed by atoms with Gasteiger partial charge in [-0.05, 0) is 0 Å². The van der Waals surface area contributed by atoms with Crippen molar-refractivity contribution < 1.29 is 17.7 Å². The molecular weight excluding hydrogens is 639 g/mol. The average molecular weight is 678 g/mol. The van der Waals surface area contributed by atoms with Crippen LogP contribution in [0.5, 0.6) is 0 Å². The normalized spacial score (nSPS) is 18.8. The first-order valence-corrected chi connectivity index (χ1v) is 32.1. The van der Waals surface area contributed by atoms with Crippen LogP contribution in [-0.4, -0.2) is 5.98 Å². The van der Waals surface area contributed by atoms with E-state index in [-0.39, 0.29) is 0 Å². The molecule has 0 nitrogen and oxygen atoms in total. The van der Waals surface area contributed by atoms with Gasteiger partial charge in [-0.1, -0.05) is 0 Å². The van der Waals surface area contributed by atoms with E-state index in [1.807, 2.05) is 0 Å².